The maximum Gasteiger partial charge on any atom is 0.231 e. The van der Waals surface area contributed by atoms with Gasteiger partial charge in [-0.1, -0.05) is 30.3 Å². The van der Waals surface area contributed by atoms with Gasteiger partial charge in [0.05, 0.1) is 7.11 Å². The Morgan fingerprint density at radius 1 is 1.00 bits per heavy atom. The summed E-state index contributed by atoms with van der Waals surface area (Å²) in [6, 6.07) is 14.1. The smallest absolute Gasteiger partial charge is 0.231 e. The zero-order chi connectivity index (χ0) is 14.7. The fourth-order valence-corrected chi connectivity index (χ4v) is 2.59. The van der Waals surface area contributed by atoms with E-state index in [1.807, 2.05) is 30.3 Å². The summed E-state index contributed by atoms with van der Waals surface area (Å²) in [7, 11) is 3.79. The molecule has 4 heteroatoms. The number of para-hydroxylation sites is 2. The fraction of sp³-hybridized carbons (Fsp3) is 0.294. The van der Waals surface area contributed by atoms with E-state index in [0.29, 0.717) is 6.79 Å². The van der Waals surface area contributed by atoms with Gasteiger partial charge >= 0.3 is 0 Å². The van der Waals surface area contributed by atoms with E-state index in [0.717, 1.165) is 35.9 Å². The molecule has 0 amide bonds. The van der Waals surface area contributed by atoms with Crippen molar-refractivity contribution < 1.29 is 14.2 Å². The number of nitrogens with zero attached hydrogens (tertiary/aromatic N) is 1. The van der Waals surface area contributed by atoms with E-state index in [1.54, 1.807) is 7.11 Å². The summed E-state index contributed by atoms with van der Waals surface area (Å²) < 4.78 is 16.4. The van der Waals surface area contributed by atoms with Crippen LogP contribution < -0.4 is 14.2 Å². The maximum atomic E-state index is 5.55. The molecule has 1 heterocycles. The van der Waals surface area contributed by atoms with Crippen molar-refractivity contribution in [2.45, 2.75) is 13.1 Å². The number of rotatable bonds is 5. The number of hydrogen-bond acceptors (Lipinski definition) is 4. The van der Waals surface area contributed by atoms with Crippen LogP contribution >= 0.6 is 0 Å². The van der Waals surface area contributed by atoms with Crippen molar-refractivity contribution in [3.05, 3.63) is 53.6 Å². The number of hydrogen-bond donors (Lipinski definition) is 0. The molecule has 0 aliphatic carbocycles. The molecule has 2 aromatic rings. The normalized spacial score (nSPS) is 12.7. The maximum absolute atomic E-state index is 5.55. The van der Waals surface area contributed by atoms with Crippen molar-refractivity contribution >= 4 is 0 Å². The third-order valence-corrected chi connectivity index (χ3v) is 3.55. The first-order valence-corrected chi connectivity index (χ1v) is 6.96. The number of ether oxygens (including phenoxy) is 3. The Morgan fingerprint density at radius 2 is 1.76 bits per heavy atom. The van der Waals surface area contributed by atoms with Crippen LogP contribution in [-0.2, 0) is 13.1 Å². The fourth-order valence-electron chi connectivity index (χ4n) is 2.59. The van der Waals surface area contributed by atoms with E-state index in [-0.39, 0.29) is 0 Å². The van der Waals surface area contributed by atoms with E-state index in [1.165, 1.54) is 5.56 Å². The van der Waals surface area contributed by atoms with Gasteiger partial charge in [0, 0.05) is 24.2 Å². The van der Waals surface area contributed by atoms with Crippen LogP contribution in [0.15, 0.2) is 42.5 Å². The lowest BCUT2D eigenvalue weighted by Gasteiger charge is -2.19. The van der Waals surface area contributed by atoms with Crippen LogP contribution in [0.4, 0.5) is 0 Å². The first kappa shape index (κ1) is 13.8. The van der Waals surface area contributed by atoms with Gasteiger partial charge in [-0.05, 0) is 19.2 Å². The molecule has 1 aliphatic rings. The molecule has 3 rings (SSSR count). The molecule has 0 radical (unpaired) electrons. The molecule has 110 valence electrons. The Morgan fingerprint density at radius 3 is 2.62 bits per heavy atom. The van der Waals surface area contributed by atoms with Crippen molar-refractivity contribution in [1.29, 1.82) is 0 Å². The van der Waals surface area contributed by atoms with Crippen LogP contribution in [0.2, 0.25) is 0 Å². The lowest BCUT2D eigenvalue weighted by atomic mass is 10.1. The highest BCUT2D eigenvalue weighted by Crippen LogP contribution is 2.36. The molecule has 0 bridgehead atoms. The van der Waals surface area contributed by atoms with E-state index in [9.17, 15) is 0 Å². The summed E-state index contributed by atoms with van der Waals surface area (Å²) in [6.07, 6.45) is 0. The third kappa shape index (κ3) is 2.95. The van der Waals surface area contributed by atoms with Crippen LogP contribution in [-0.4, -0.2) is 25.9 Å². The molecule has 0 saturated carbocycles. The molecule has 21 heavy (non-hydrogen) atoms. The lowest BCUT2D eigenvalue weighted by Crippen LogP contribution is -2.18. The van der Waals surface area contributed by atoms with Crippen LogP contribution in [0.3, 0.4) is 0 Å². The van der Waals surface area contributed by atoms with Crippen LogP contribution in [0, 0.1) is 0 Å². The molecular weight excluding hydrogens is 266 g/mol. The summed E-state index contributed by atoms with van der Waals surface area (Å²) in [5, 5.41) is 0. The van der Waals surface area contributed by atoms with Gasteiger partial charge in [-0.2, -0.15) is 0 Å². The predicted molar refractivity (Wildman–Crippen MR) is 80.7 cm³/mol. The Hall–Kier alpha value is -2.20. The summed E-state index contributed by atoms with van der Waals surface area (Å²) in [4.78, 5) is 2.23. The van der Waals surface area contributed by atoms with Gasteiger partial charge in [-0.25, -0.2) is 0 Å². The van der Waals surface area contributed by atoms with Gasteiger partial charge in [0.15, 0.2) is 11.5 Å². The molecule has 0 unspecified atom stereocenters. The van der Waals surface area contributed by atoms with E-state index in [2.05, 4.69) is 24.1 Å². The summed E-state index contributed by atoms with van der Waals surface area (Å²) in [5.74, 6) is 2.62. The number of fused-ring (bicyclic) bond motifs is 1. The van der Waals surface area contributed by atoms with Crippen molar-refractivity contribution in [2.75, 3.05) is 21.0 Å². The average molecular weight is 285 g/mol. The van der Waals surface area contributed by atoms with Gasteiger partial charge in [-0.15, -0.1) is 0 Å². The van der Waals surface area contributed by atoms with Crippen LogP contribution in [0.1, 0.15) is 11.1 Å². The van der Waals surface area contributed by atoms with Gasteiger partial charge in [-0.3, -0.25) is 4.90 Å². The molecule has 4 nitrogen and oxygen atoms in total. The quantitative estimate of drug-likeness (QED) is 0.845. The molecular formula is C17H19NO3. The van der Waals surface area contributed by atoms with Crippen molar-refractivity contribution in [3.8, 4) is 17.2 Å². The minimum Gasteiger partial charge on any atom is -0.496 e. The topological polar surface area (TPSA) is 30.9 Å². The molecule has 0 atom stereocenters. The molecule has 0 N–H and O–H groups in total. The molecule has 0 aromatic heterocycles. The minimum absolute atomic E-state index is 0.308. The lowest BCUT2D eigenvalue weighted by molar-refractivity contribution is 0.172. The second-order valence-electron chi connectivity index (χ2n) is 5.14. The van der Waals surface area contributed by atoms with Gasteiger partial charge in [0.25, 0.3) is 0 Å². The Labute approximate surface area is 124 Å². The minimum atomic E-state index is 0.308. The molecule has 0 fully saturated rings. The van der Waals surface area contributed by atoms with Gasteiger partial charge < -0.3 is 14.2 Å². The van der Waals surface area contributed by atoms with E-state index >= 15 is 0 Å². The van der Waals surface area contributed by atoms with Crippen LogP contribution in [0.5, 0.6) is 17.2 Å². The Kier molecular flexibility index (Phi) is 3.97. The first-order chi connectivity index (χ1) is 10.3. The molecule has 2 aromatic carbocycles. The zero-order valence-corrected chi connectivity index (χ0v) is 12.3. The summed E-state index contributed by atoms with van der Waals surface area (Å²) in [6.45, 7) is 1.92. The predicted octanol–water partition coefficient (Wildman–Crippen LogP) is 3.06. The van der Waals surface area contributed by atoms with E-state index in [4.69, 9.17) is 14.2 Å². The molecule has 0 spiro atoms. The average Bonchev–Trinajstić information content (AvgIpc) is 2.97. The van der Waals surface area contributed by atoms with Gasteiger partial charge in [0.2, 0.25) is 6.79 Å². The monoisotopic (exact) mass is 285 g/mol. The Bertz CT molecular complexity index is 627. The van der Waals surface area contributed by atoms with Crippen LogP contribution in [0.25, 0.3) is 0 Å². The standard InChI is InChI=1S/C17H19NO3/c1-18(10-13-6-3-4-8-15(13)19-2)11-14-7-5-9-16-17(14)21-12-20-16/h3-9H,10-12H2,1-2H3. The first-order valence-electron chi connectivity index (χ1n) is 6.96. The van der Waals surface area contributed by atoms with E-state index < -0.39 is 0 Å². The SMILES string of the molecule is COc1ccccc1CN(C)Cc1cccc2c1OCO2. The highest BCUT2D eigenvalue weighted by Gasteiger charge is 2.18. The molecule has 0 saturated heterocycles. The number of methoxy groups -OCH3 is 1. The third-order valence-electron chi connectivity index (χ3n) is 3.55. The highest BCUT2D eigenvalue weighted by molar-refractivity contribution is 5.48. The van der Waals surface area contributed by atoms with Crippen molar-refractivity contribution in [2.24, 2.45) is 0 Å². The van der Waals surface area contributed by atoms with Gasteiger partial charge in [0.1, 0.15) is 5.75 Å². The summed E-state index contributed by atoms with van der Waals surface area (Å²) in [5.41, 5.74) is 2.31. The van der Waals surface area contributed by atoms with Crippen molar-refractivity contribution in [3.63, 3.8) is 0 Å². The largest absolute Gasteiger partial charge is 0.496 e. The Balaban J connectivity index is 1.72. The second kappa shape index (κ2) is 6.06. The molecule has 1 aliphatic heterocycles. The summed E-state index contributed by atoms with van der Waals surface area (Å²) >= 11 is 0. The number of benzene rings is 2. The highest BCUT2D eigenvalue weighted by atomic mass is 16.7. The zero-order valence-electron chi connectivity index (χ0n) is 12.3. The second-order valence-corrected chi connectivity index (χ2v) is 5.14. The van der Waals surface area contributed by atoms with Crippen molar-refractivity contribution in [1.82, 2.24) is 4.90 Å².